The number of hydrogen-bond donors (Lipinski definition) is 3. The highest BCUT2D eigenvalue weighted by atomic mass is 32.2. The normalized spacial score (nSPS) is 13.5. The van der Waals surface area contributed by atoms with Gasteiger partial charge in [-0.05, 0) is 23.1 Å². The Bertz CT molecular complexity index is 1710. The van der Waals surface area contributed by atoms with Gasteiger partial charge in [-0.25, -0.2) is 35.1 Å². The SMILES string of the molecule is NS(=O)(=O)c1c(F)c(F)c(S(=O)(=O)CCc2ccccc2)c(N[C@@H](c2ccccc2)[C@H](O)c2ccccc2)c1F. The number of anilines is 1. The van der Waals surface area contributed by atoms with Crippen LogP contribution in [0.15, 0.2) is 101 Å². The van der Waals surface area contributed by atoms with Crippen molar-refractivity contribution in [1.29, 1.82) is 0 Å². The first-order chi connectivity index (χ1) is 18.9. The Hall–Kier alpha value is -3.71. The van der Waals surface area contributed by atoms with Gasteiger partial charge in [0.05, 0.1) is 17.5 Å². The van der Waals surface area contributed by atoms with Crippen LogP contribution >= 0.6 is 0 Å². The topological polar surface area (TPSA) is 127 Å². The maximum absolute atomic E-state index is 15.8. The van der Waals surface area contributed by atoms with Gasteiger partial charge in [0.2, 0.25) is 10.0 Å². The van der Waals surface area contributed by atoms with Crippen molar-refractivity contribution in [1.82, 2.24) is 0 Å². The standard InChI is InChI=1S/C28H25F3N2O5S2/c29-21-22(30)28(39(35,36)17-16-18-10-4-1-5-11-18)25(23(31)27(21)40(32,37)38)33-24(19-12-6-2-7-13-19)26(34)20-14-8-3-9-15-20/h1-15,24,26,33-34H,16-17H2,(H2,32,37,38)/t24-,26+/m0/s1. The van der Waals surface area contributed by atoms with E-state index in [1.807, 2.05) is 0 Å². The minimum Gasteiger partial charge on any atom is -0.386 e. The zero-order valence-electron chi connectivity index (χ0n) is 20.8. The molecule has 0 radical (unpaired) electrons. The fraction of sp³-hybridized carbons (Fsp3) is 0.143. The monoisotopic (exact) mass is 590 g/mol. The van der Waals surface area contributed by atoms with Crippen molar-refractivity contribution < 1.29 is 35.1 Å². The zero-order chi connectivity index (χ0) is 29.1. The molecule has 4 N–H and O–H groups in total. The van der Waals surface area contributed by atoms with Crippen molar-refractivity contribution in [3.8, 4) is 0 Å². The van der Waals surface area contributed by atoms with Gasteiger partial charge in [0.25, 0.3) is 0 Å². The smallest absolute Gasteiger partial charge is 0.244 e. The molecular formula is C28H25F3N2O5S2. The number of aryl methyl sites for hydroxylation is 1. The molecule has 210 valence electrons. The average molecular weight is 591 g/mol. The summed E-state index contributed by atoms with van der Waals surface area (Å²) in [6, 6.07) is 22.9. The van der Waals surface area contributed by atoms with Crippen molar-refractivity contribution in [2.24, 2.45) is 5.14 Å². The molecule has 0 saturated carbocycles. The summed E-state index contributed by atoms with van der Waals surface area (Å²) in [7, 11) is -9.97. The van der Waals surface area contributed by atoms with Crippen LogP contribution in [0.3, 0.4) is 0 Å². The van der Waals surface area contributed by atoms with E-state index in [4.69, 9.17) is 5.14 Å². The molecule has 12 heteroatoms. The first-order valence-corrected chi connectivity index (χ1v) is 15.2. The molecule has 4 aromatic rings. The number of benzene rings is 4. The molecule has 0 amide bonds. The number of aliphatic hydroxyl groups excluding tert-OH is 1. The highest BCUT2D eigenvalue weighted by molar-refractivity contribution is 7.91. The number of halogens is 3. The number of sulfone groups is 1. The number of primary sulfonamides is 1. The van der Waals surface area contributed by atoms with Crippen LogP contribution in [0, 0.1) is 17.5 Å². The summed E-state index contributed by atoms with van der Waals surface area (Å²) in [6.45, 7) is 0. The molecule has 4 aromatic carbocycles. The Kier molecular flexibility index (Phi) is 8.64. The highest BCUT2D eigenvalue weighted by Gasteiger charge is 2.38. The van der Waals surface area contributed by atoms with Crippen molar-refractivity contribution in [3.63, 3.8) is 0 Å². The number of hydrogen-bond acceptors (Lipinski definition) is 6. The largest absolute Gasteiger partial charge is 0.386 e. The zero-order valence-corrected chi connectivity index (χ0v) is 22.5. The van der Waals surface area contributed by atoms with Gasteiger partial charge in [-0.15, -0.1) is 0 Å². The molecule has 0 unspecified atom stereocenters. The number of rotatable bonds is 10. The Labute approximate surface area is 230 Å². The van der Waals surface area contributed by atoms with Crippen molar-refractivity contribution >= 4 is 25.5 Å². The van der Waals surface area contributed by atoms with Crippen molar-refractivity contribution in [2.75, 3.05) is 11.1 Å². The Morgan fingerprint density at radius 3 is 1.70 bits per heavy atom. The van der Waals surface area contributed by atoms with Crippen molar-refractivity contribution in [3.05, 3.63) is 125 Å². The minimum absolute atomic E-state index is 0.128. The van der Waals surface area contributed by atoms with Crippen LogP contribution in [0.5, 0.6) is 0 Å². The van der Waals surface area contributed by atoms with Crippen LogP contribution in [0.2, 0.25) is 0 Å². The second-order valence-electron chi connectivity index (χ2n) is 8.96. The number of aliphatic hydroxyl groups is 1. The van der Waals surface area contributed by atoms with E-state index in [1.165, 1.54) is 12.1 Å². The lowest BCUT2D eigenvalue weighted by Crippen LogP contribution is -2.26. The fourth-order valence-electron chi connectivity index (χ4n) is 4.29. The van der Waals surface area contributed by atoms with E-state index in [1.54, 1.807) is 78.9 Å². The predicted molar refractivity (Wildman–Crippen MR) is 144 cm³/mol. The summed E-state index contributed by atoms with van der Waals surface area (Å²) in [5.41, 5.74) is 0.0318. The molecule has 0 aliphatic rings. The van der Waals surface area contributed by atoms with E-state index in [0.29, 0.717) is 16.7 Å². The summed E-state index contributed by atoms with van der Waals surface area (Å²) in [4.78, 5) is -3.25. The number of nitrogens with two attached hydrogens (primary N) is 1. The van der Waals surface area contributed by atoms with E-state index >= 15 is 8.78 Å². The van der Waals surface area contributed by atoms with E-state index in [2.05, 4.69) is 5.32 Å². The molecule has 2 atom stereocenters. The Morgan fingerprint density at radius 2 is 1.18 bits per heavy atom. The Balaban J connectivity index is 1.92. The summed E-state index contributed by atoms with van der Waals surface area (Å²) >= 11 is 0. The predicted octanol–water partition coefficient (Wildman–Crippen LogP) is 4.65. The molecule has 0 spiro atoms. The highest BCUT2D eigenvalue weighted by Crippen LogP contribution is 2.40. The number of nitrogens with one attached hydrogen (secondary N) is 1. The molecule has 40 heavy (non-hydrogen) atoms. The third-order valence-corrected chi connectivity index (χ3v) is 8.92. The second-order valence-corrected chi connectivity index (χ2v) is 12.5. The van der Waals surface area contributed by atoms with Crippen LogP contribution in [0.1, 0.15) is 28.8 Å². The van der Waals surface area contributed by atoms with Crippen LogP contribution in [-0.2, 0) is 26.3 Å². The molecule has 4 rings (SSSR count). The fourth-order valence-corrected chi connectivity index (χ4v) is 6.51. The third kappa shape index (κ3) is 6.20. The Morgan fingerprint density at radius 1 is 0.700 bits per heavy atom. The number of sulfonamides is 1. The molecule has 7 nitrogen and oxygen atoms in total. The molecule has 0 aliphatic carbocycles. The van der Waals surface area contributed by atoms with Crippen LogP contribution in [0.25, 0.3) is 0 Å². The lowest BCUT2D eigenvalue weighted by atomic mass is 9.95. The molecule has 0 bridgehead atoms. The van der Waals surface area contributed by atoms with E-state index in [0.717, 1.165) is 0 Å². The average Bonchev–Trinajstić information content (AvgIpc) is 2.93. The van der Waals surface area contributed by atoms with Gasteiger partial charge < -0.3 is 10.4 Å². The van der Waals surface area contributed by atoms with Gasteiger partial charge in [-0.3, -0.25) is 0 Å². The van der Waals surface area contributed by atoms with E-state index in [9.17, 15) is 26.3 Å². The van der Waals surface area contributed by atoms with Crippen molar-refractivity contribution in [2.45, 2.75) is 28.4 Å². The third-order valence-electron chi connectivity index (χ3n) is 6.25. The van der Waals surface area contributed by atoms with E-state index < -0.39 is 70.7 Å². The minimum atomic E-state index is -5.19. The molecule has 0 aliphatic heterocycles. The van der Waals surface area contributed by atoms with Gasteiger partial charge in [0.1, 0.15) is 11.0 Å². The van der Waals surface area contributed by atoms with Crippen LogP contribution in [-0.4, -0.2) is 27.7 Å². The summed E-state index contributed by atoms with van der Waals surface area (Å²) in [5, 5.41) is 18.7. The van der Waals surface area contributed by atoms with Gasteiger partial charge in [-0.2, -0.15) is 0 Å². The second kappa shape index (κ2) is 11.8. The van der Waals surface area contributed by atoms with Crippen LogP contribution < -0.4 is 10.5 Å². The maximum Gasteiger partial charge on any atom is 0.244 e. The van der Waals surface area contributed by atoms with Gasteiger partial charge >= 0.3 is 0 Å². The lowest BCUT2D eigenvalue weighted by molar-refractivity contribution is 0.154. The summed E-state index contributed by atoms with van der Waals surface area (Å²) in [6.07, 6.45) is -1.59. The molecule has 0 fully saturated rings. The molecular weight excluding hydrogens is 565 g/mol. The molecule has 0 saturated heterocycles. The van der Waals surface area contributed by atoms with E-state index in [-0.39, 0.29) is 6.42 Å². The molecule has 0 aromatic heterocycles. The lowest BCUT2D eigenvalue weighted by Gasteiger charge is -2.28. The first kappa shape index (κ1) is 29.3. The van der Waals surface area contributed by atoms with Crippen LogP contribution in [0.4, 0.5) is 18.9 Å². The quantitative estimate of drug-likeness (QED) is 0.231. The van der Waals surface area contributed by atoms with Gasteiger partial charge in [-0.1, -0.05) is 91.0 Å². The maximum atomic E-state index is 15.8. The van der Waals surface area contributed by atoms with Gasteiger partial charge in [0.15, 0.2) is 32.2 Å². The summed E-state index contributed by atoms with van der Waals surface area (Å²) < 4.78 is 97.2. The summed E-state index contributed by atoms with van der Waals surface area (Å²) in [5.74, 6) is -7.06. The van der Waals surface area contributed by atoms with Gasteiger partial charge in [0, 0.05) is 0 Å². The first-order valence-electron chi connectivity index (χ1n) is 12.0. The molecule has 0 heterocycles.